The molecule has 0 amide bonds. The zero-order valence-electron chi connectivity index (χ0n) is 14.1. The van der Waals surface area contributed by atoms with Gasteiger partial charge in [-0.25, -0.2) is 0 Å². The van der Waals surface area contributed by atoms with Gasteiger partial charge in [-0.15, -0.1) is 0 Å². The summed E-state index contributed by atoms with van der Waals surface area (Å²) in [7, 11) is 0. The van der Waals surface area contributed by atoms with Crippen molar-refractivity contribution in [2.45, 2.75) is 37.6 Å². The third kappa shape index (κ3) is 4.90. The largest absolute Gasteiger partial charge is 0.504 e. The van der Waals surface area contributed by atoms with Crippen LogP contribution in [0.5, 0.6) is 11.5 Å². The quantitative estimate of drug-likeness (QED) is 0.343. The van der Waals surface area contributed by atoms with Crippen molar-refractivity contribution in [1.29, 1.82) is 0 Å². The Balaban J connectivity index is 2.08. The molecule has 0 saturated carbocycles. The van der Waals surface area contributed by atoms with Crippen LogP contribution in [0, 0.1) is 0 Å². The summed E-state index contributed by atoms with van der Waals surface area (Å²) in [4.78, 5) is 10.8. The molecule has 1 aromatic carbocycles. The maximum absolute atomic E-state index is 10.8. The van der Waals surface area contributed by atoms with Gasteiger partial charge >= 0.3 is 0 Å². The first kappa shape index (κ1) is 20.1. The van der Waals surface area contributed by atoms with E-state index in [1.165, 1.54) is 25.1 Å². The fraction of sp³-hybridized carbons (Fsp3) is 0.389. The standard InChI is InChI=1S/C18H22O8/c1-10(20)4-2-3-5-11-6-7-13(12(21)8-11)25-18-17(24)16(23)15(22)14(9-19)26-18/h2-8,14-19,21-24H,9H2,1H3/b4-2+,5-3+/t14?,15-,16+,17?,18-/m1/s1. The van der Waals surface area contributed by atoms with Crippen molar-refractivity contribution in [3.05, 3.63) is 42.0 Å². The maximum atomic E-state index is 10.8. The minimum atomic E-state index is -1.57. The highest BCUT2D eigenvalue weighted by Gasteiger charge is 2.44. The molecule has 1 aliphatic heterocycles. The lowest BCUT2D eigenvalue weighted by Gasteiger charge is -2.39. The Labute approximate surface area is 150 Å². The molecule has 1 heterocycles. The second kappa shape index (κ2) is 8.93. The predicted octanol–water partition coefficient (Wildman–Crippen LogP) is -0.271. The second-order valence-electron chi connectivity index (χ2n) is 5.87. The maximum Gasteiger partial charge on any atom is 0.229 e. The Kier molecular flexibility index (Phi) is 6.90. The van der Waals surface area contributed by atoms with Crippen molar-refractivity contribution in [2.75, 3.05) is 6.61 Å². The van der Waals surface area contributed by atoms with Gasteiger partial charge < -0.3 is 35.0 Å². The number of allylic oxidation sites excluding steroid dienone is 3. The summed E-state index contributed by atoms with van der Waals surface area (Å²) in [6.07, 6.45) is -0.839. The van der Waals surface area contributed by atoms with Gasteiger partial charge in [0.05, 0.1) is 6.61 Å². The molecule has 1 aromatic rings. The summed E-state index contributed by atoms with van der Waals surface area (Å²) in [5.41, 5.74) is 0.636. The number of carbonyl (C=O) groups is 1. The van der Waals surface area contributed by atoms with Crippen LogP contribution >= 0.6 is 0 Å². The average molecular weight is 366 g/mol. The van der Waals surface area contributed by atoms with E-state index in [-0.39, 0.29) is 17.3 Å². The van der Waals surface area contributed by atoms with Crippen molar-refractivity contribution in [2.24, 2.45) is 0 Å². The molecule has 0 aromatic heterocycles. The molecule has 2 rings (SSSR count). The van der Waals surface area contributed by atoms with E-state index in [4.69, 9.17) is 14.6 Å². The first-order valence-corrected chi connectivity index (χ1v) is 7.99. The Bertz CT molecular complexity index is 682. The van der Waals surface area contributed by atoms with Crippen LogP contribution in [-0.4, -0.2) is 68.6 Å². The number of phenolic OH excluding ortho intramolecular Hbond substituents is 1. The number of phenols is 1. The molecule has 0 bridgehead atoms. The topological polar surface area (TPSA) is 137 Å². The van der Waals surface area contributed by atoms with Crippen LogP contribution in [0.2, 0.25) is 0 Å². The molecule has 0 radical (unpaired) electrons. The molecule has 1 saturated heterocycles. The molecule has 1 aliphatic rings. The van der Waals surface area contributed by atoms with Gasteiger partial charge in [0.15, 0.2) is 17.3 Å². The Morgan fingerprint density at radius 3 is 2.54 bits per heavy atom. The van der Waals surface area contributed by atoms with Crippen LogP contribution < -0.4 is 4.74 Å². The van der Waals surface area contributed by atoms with E-state index < -0.39 is 37.3 Å². The number of ether oxygens (including phenoxy) is 2. The molecule has 2 unspecified atom stereocenters. The first-order valence-electron chi connectivity index (χ1n) is 7.99. The van der Waals surface area contributed by atoms with E-state index in [1.54, 1.807) is 24.3 Å². The van der Waals surface area contributed by atoms with Gasteiger partial charge in [-0.1, -0.05) is 24.3 Å². The van der Waals surface area contributed by atoms with Gasteiger partial charge in [-0.3, -0.25) is 4.79 Å². The third-order valence-corrected chi connectivity index (χ3v) is 3.81. The summed E-state index contributed by atoms with van der Waals surface area (Å²) in [6.45, 7) is 0.857. The van der Waals surface area contributed by atoms with Crippen molar-refractivity contribution in [3.63, 3.8) is 0 Å². The number of hydrogen-bond acceptors (Lipinski definition) is 8. The van der Waals surface area contributed by atoms with Gasteiger partial charge in [0, 0.05) is 0 Å². The summed E-state index contributed by atoms with van der Waals surface area (Å²) in [5, 5.41) is 48.7. The Morgan fingerprint density at radius 2 is 1.92 bits per heavy atom. The Hall–Kier alpha value is -2.23. The summed E-state index contributed by atoms with van der Waals surface area (Å²) < 4.78 is 10.6. The van der Waals surface area contributed by atoms with E-state index in [0.29, 0.717) is 5.56 Å². The molecule has 26 heavy (non-hydrogen) atoms. The molecule has 8 heteroatoms. The lowest BCUT2D eigenvalue weighted by Crippen LogP contribution is -2.60. The molecular weight excluding hydrogens is 344 g/mol. The fourth-order valence-electron chi connectivity index (χ4n) is 2.39. The zero-order chi connectivity index (χ0) is 19.3. The Morgan fingerprint density at radius 1 is 1.19 bits per heavy atom. The predicted molar refractivity (Wildman–Crippen MR) is 91.4 cm³/mol. The number of carbonyl (C=O) groups excluding carboxylic acids is 1. The number of ketones is 1. The number of rotatable bonds is 6. The van der Waals surface area contributed by atoms with Gasteiger partial charge in [-0.05, 0) is 30.7 Å². The number of benzene rings is 1. The van der Waals surface area contributed by atoms with Gasteiger partial charge in [-0.2, -0.15) is 0 Å². The number of aromatic hydroxyl groups is 1. The molecule has 5 N–H and O–H groups in total. The zero-order valence-corrected chi connectivity index (χ0v) is 14.1. The third-order valence-electron chi connectivity index (χ3n) is 3.81. The van der Waals surface area contributed by atoms with Crippen LogP contribution in [0.4, 0.5) is 0 Å². The summed E-state index contributed by atoms with van der Waals surface area (Å²) >= 11 is 0. The van der Waals surface area contributed by atoms with E-state index in [0.717, 1.165) is 0 Å². The van der Waals surface area contributed by atoms with E-state index >= 15 is 0 Å². The minimum absolute atomic E-state index is 0.00856. The van der Waals surface area contributed by atoms with Crippen molar-refractivity contribution in [3.8, 4) is 11.5 Å². The number of aliphatic hydroxyl groups is 4. The molecule has 0 aliphatic carbocycles. The lowest BCUT2D eigenvalue weighted by molar-refractivity contribution is -0.277. The highest BCUT2D eigenvalue weighted by Crippen LogP contribution is 2.31. The van der Waals surface area contributed by atoms with Gasteiger partial charge in [0.2, 0.25) is 6.29 Å². The molecule has 8 nitrogen and oxygen atoms in total. The number of aliphatic hydroxyl groups excluding tert-OH is 4. The minimum Gasteiger partial charge on any atom is -0.504 e. The van der Waals surface area contributed by atoms with Crippen molar-refractivity contribution in [1.82, 2.24) is 0 Å². The molecule has 142 valence electrons. The average Bonchev–Trinajstić information content (AvgIpc) is 2.61. The molecule has 0 spiro atoms. The molecular formula is C18H22O8. The fourth-order valence-corrected chi connectivity index (χ4v) is 2.39. The first-order chi connectivity index (χ1) is 12.3. The van der Waals surface area contributed by atoms with Gasteiger partial charge in [0.1, 0.15) is 24.4 Å². The van der Waals surface area contributed by atoms with Crippen LogP contribution in [0.15, 0.2) is 36.4 Å². The summed E-state index contributed by atoms with van der Waals surface area (Å²) in [6, 6.07) is 4.46. The molecule has 1 fully saturated rings. The number of hydrogen-bond donors (Lipinski definition) is 5. The normalized spacial score (nSPS) is 29.3. The summed E-state index contributed by atoms with van der Waals surface area (Å²) in [5.74, 6) is -0.328. The van der Waals surface area contributed by atoms with Crippen LogP contribution in [0.1, 0.15) is 12.5 Å². The smallest absolute Gasteiger partial charge is 0.229 e. The van der Waals surface area contributed by atoms with E-state index in [9.17, 15) is 25.2 Å². The van der Waals surface area contributed by atoms with E-state index in [2.05, 4.69) is 0 Å². The van der Waals surface area contributed by atoms with E-state index in [1.807, 2.05) is 0 Å². The highest BCUT2D eigenvalue weighted by molar-refractivity contribution is 5.87. The lowest BCUT2D eigenvalue weighted by atomic mass is 9.99. The van der Waals surface area contributed by atoms with Gasteiger partial charge in [0.25, 0.3) is 0 Å². The highest BCUT2D eigenvalue weighted by atomic mass is 16.7. The SMILES string of the molecule is CC(=O)/C=C/C=C/c1ccc(O[C@@H]2OC(CO)[C@@H](O)[C@H](O)C2O)c(O)c1. The van der Waals surface area contributed by atoms with Crippen molar-refractivity contribution >= 4 is 11.9 Å². The van der Waals surface area contributed by atoms with Crippen molar-refractivity contribution < 1.29 is 39.8 Å². The van der Waals surface area contributed by atoms with Crippen LogP contribution in [0.3, 0.4) is 0 Å². The van der Waals surface area contributed by atoms with Crippen LogP contribution in [0.25, 0.3) is 6.08 Å². The van der Waals surface area contributed by atoms with Crippen LogP contribution in [-0.2, 0) is 9.53 Å². The molecule has 5 atom stereocenters. The second-order valence-corrected chi connectivity index (χ2v) is 5.87. The monoisotopic (exact) mass is 366 g/mol.